The first-order chi connectivity index (χ1) is 9.78. The Kier molecular flexibility index (Phi) is 4.44. The van der Waals surface area contributed by atoms with Crippen LogP contribution in [0.3, 0.4) is 0 Å². The molecule has 0 bridgehead atoms. The van der Waals surface area contributed by atoms with Crippen molar-refractivity contribution in [1.29, 1.82) is 0 Å². The quantitative estimate of drug-likeness (QED) is 0.806. The Hall–Kier alpha value is -0.840. The third kappa shape index (κ3) is 2.92. The summed E-state index contributed by atoms with van der Waals surface area (Å²) in [6, 6.07) is 1.83. The topological polar surface area (TPSA) is 39.9 Å². The number of pyridine rings is 1. The van der Waals surface area contributed by atoms with E-state index in [9.17, 15) is 0 Å². The number of alkyl halides is 1. The van der Waals surface area contributed by atoms with Crippen LogP contribution in [0.4, 0.5) is 0 Å². The summed E-state index contributed by atoms with van der Waals surface area (Å²) in [6.07, 6.45) is 6.54. The Labute approximate surface area is 128 Å². The zero-order valence-electron chi connectivity index (χ0n) is 11.2. The number of imidazole rings is 1. The first-order valence-corrected chi connectivity index (χ1v) is 7.87. The molecule has 2 aromatic heterocycles. The lowest BCUT2D eigenvalue weighted by Crippen LogP contribution is -2.21. The molecular formula is C14H17Cl2N3O. The second-order valence-corrected chi connectivity index (χ2v) is 5.79. The molecule has 0 amide bonds. The van der Waals surface area contributed by atoms with E-state index in [1.165, 1.54) is 12.8 Å². The number of halogens is 2. The van der Waals surface area contributed by atoms with Gasteiger partial charge in [-0.3, -0.25) is 0 Å². The number of fused-ring (bicyclic) bond motifs is 1. The molecular weight excluding hydrogens is 297 g/mol. The third-order valence-electron chi connectivity index (χ3n) is 3.70. The Balaban J connectivity index is 1.81. The Bertz CT molecular complexity index is 593. The van der Waals surface area contributed by atoms with Crippen molar-refractivity contribution in [3.8, 4) is 0 Å². The Morgan fingerprint density at radius 1 is 1.40 bits per heavy atom. The fourth-order valence-corrected chi connectivity index (χ4v) is 3.03. The maximum Gasteiger partial charge on any atom is 0.160 e. The number of ether oxygens (including phenoxy) is 1. The molecule has 20 heavy (non-hydrogen) atoms. The highest BCUT2D eigenvalue weighted by molar-refractivity contribution is 6.31. The van der Waals surface area contributed by atoms with Gasteiger partial charge in [0, 0.05) is 19.3 Å². The summed E-state index contributed by atoms with van der Waals surface area (Å²) >= 11 is 11.9. The van der Waals surface area contributed by atoms with E-state index in [1.807, 2.05) is 6.07 Å². The molecule has 1 fully saturated rings. The van der Waals surface area contributed by atoms with E-state index < -0.39 is 0 Å². The van der Waals surface area contributed by atoms with Crippen LogP contribution in [0.1, 0.15) is 31.5 Å². The number of hydrogen-bond donors (Lipinski definition) is 0. The molecule has 0 aliphatic carbocycles. The lowest BCUT2D eigenvalue weighted by atomic mass is 10.1. The summed E-state index contributed by atoms with van der Waals surface area (Å²) in [4.78, 5) is 8.88. The standard InChI is InChI=1S/C14H17Cl2N3O/c15-8-13-18-12-7-10(16)9-17-14(12)19(13)5-4-11-3-1-2-6-20-11/h7,9,11H,1-6,8H2. The molecule has 4 nitrogen and oxygen atoms in total. The summed E-state index contributed by atoms with van der Waals surface area (Å²) in [5.74, 6) is 1.21. The molecule has 0 saturated carbocycles. The van der Waals surface area contributed by atoms with Crippen LogP contribution in [0.25, 0.3) is 11.2 Å². The minimum atomic E-state index is 0.344. The van der Waals surface area contributed by atoms with Gasteiger partial charge in [-0.15, -0.1) is 11.6 Å². The molecule has 0 radical (unpaired) electrons. The molecule has 3 heterocycles. The predicted molar refractivity (Wildman–Crippen MR) is 80.3 cm³/mol. The molecule has 1 aliphatic heterocycles. The molecule has 0 aromatic carbocycles. The smallest absolute Gasteiger partial charge is 0.160 e. The van der Waals surface area contributed by atoms with Crippen LogP contribution in [0, 0.1) is 0 Å². The molecule has 1 unspecified atom stereocenters. The SMILES string of the molecule is ClCc1nc2cc(Cl)cnc2n1CCC1CCCCO1. The van der Waals surface area contributed by atoms with E-state index in [0.29, 0.717) is 17.0 Å². The second-order valence-electron chi connectivity index (χ2n) is 5.09. The lowest BCUT2D eigenvalue weighted by Gasteiger charge is -2.22. The van der Waals surface area contributed by atoms with E-state index in [0.717, 1.165) is 43.0 Å². The number of rotatable bonds is 4. The van der Waals surface area contributed by atoms with E-state index in [4.69, 9.17) is 27.9 Å². The van der Waals surface area contributed by atoms with Gasteiger partial charge >= 0.3 is 0 Å². The maximum atomic E-state index is 5.99. The second kappa shape index (κ2) is 6.29. The van der Waals surface area contributed by atoms with E-state index in [-0.39, 0.29) is 0 Å². The normalized spacial score (nSPS) is 19.6. The first kappa shape index (κ1) is 14.1. The molecule has 1 saturated heterocycles. The van der Waals surface area contributed by atoms with Gasteiger partial charge in [0.05, 0.1) is 17.0 Å². The maximum absolute atomic E-state index is 5.99. The van der Waals surface area contributed by atoms with Gasteiger partial charge < -0.3 is 9.30 Å². The van der Waals surface area contributed by atoms with Gasteiger partial charge in [0.15, 0.2) is 5.65 Å². The fraction of sp³-hybridized carbons (Fsp3) is 0.571. The highest BCUT2D eigenvalue weighted by atomic mass is 35.5. The van der Waals surface area contributed by atoms with Crippen molar-refractivity contribution in [2.24, 2.45) is 0 Å². The van der Waals surface area contributed by atoms with Gasteiger partial charge in [-0.05, 0) is 31.7 Å². The average molecular weight is 314 g/mol. The van der Waals surface area contributed by atoms with Crippen molar-refractivity contribution < 1.29 is 4.74 Å². The van der Waals surface area contributed by atoms with Crippen LogP contribution in [0.2, 0.25) is 5.02 Å². The van der Waals surface area contributed by atoms with Crippen LogP contribution in [-0.2, 0) is 17.2 Å². The van der Waals surface area contributed by atoms with Gasteiger partial charge in [-0.2, -0.15) is 0 Å². The number of aryl methyl sites for hydroxylation is 1. The summed E-state index contributed by atoms with van der Waals surface area (Å²) in [5.41, 5.74) is 1.65. The highest BCUT2D eigenvalue weighted by Crippen LogP contribution is 2.22. The van der Waals surface area contributed by atoms with Crippen LogP contribution in [-0.4, -0.2) is 27.2 Å². The summed E-state index contributed by atoms with van der Waals surface area (Å²) in [7, 11) is 0. The van der Waals surface area contributed by atoms with Gasteiger partial charge in [0.25, 0.3) is 0 Å². The van der Waals surface area contributed by atoms with Crippen molar-refractivity contribution in [1.82, 2.24) is 14.5 Å². The molecule has 108 valence electrons. The molecule has 6 heteroatoms. The van der Waals surface area contributed by atoms with Crippen molar-refractivity contribution in [3.63, 3.8) is 0 Å². The third-order valence-corrected chi connectivity index (χ3v) is 4.14. The lowest BCUT2D eigenvalue weighted by molar-refractivity contribution is 0.00887. The molecule has 2 aromatic rings. The van der Waals surface area contributed by atoms with Crippen LogP contribution < -0.4 is 0 Å². The van der Waals surface area contributed by atoms with Gasteiger partial charge in [-0.1, -0.05) is 11.6 Å². The van der Waals surface area contributed by atoms with Gasteiger partial charge in [0.1, 0.15) is 11.3 Å². The Morgan fingerprint density at radius 3 is 3.05 bits per heavy atom. The van der Waals surface area contributed by atoms with Crippen molar-refractivity contribution >= 4 is 34.4 Å². The monoisotopic (exact) mass is 313 g/mol. The molecule has 0 spiro atoms. The predicted octanol–water partition coefficient (Wildman–Crippen LogP) is 3.78. The summed E-state index contributed by atoms with van der Waals surface area (Å²) in [5, 5.41) is 0.596. The van der Waals surface area contributed by atoms with Gasteiger partial charge in [0.2, 0.25) is 0 Å². The minimum absolute atomic E-state index is 0.344. The number of hydrogen-bond acceptors (Lipinski definition) is 3. The van der Waals surface area contributed by atoms with E-state index in [1.54, 1.807) is 6.20 Å². The van der Waals surface area contributed by atoms with Crippen molar-refractivity contribution in [2.75, 3.05) is 6.61 Å². The zero-order chi connectivity index (χ0) is 13.9. The largest absolute Gasteiger partial charge is 0.378 e. The Morgan fingerprint density at radius 2 is 2.30 bits per heavy atom. The van der Waals surface area contributed by atoms with Crippen LogP contribution in [0.15, 0.2) is 12.3 Å². The molecule has 1 aliphatic rings. The summed E-state index contributed by atoms with van der Waals surface area (Å²) < 4.78 is 7.85. The van der Waals surface area contributed by atoms with Crippen LogP contribution >= 0.6 is 23.2 Å². The van der Waals surface area contributed by atoms with E-state index >= 15 is 0 Å². The molecule has 3 rings (SSSR count). The van der Waals surface area contributed by atoms with Crippen molar-refractivity contribution in [2.45, 2.75) is 44.2 Å². The fourth-order valence-electron chi connectivity index (χ4n) is 2.68. The number of nitrogens with zero attached hydrogens (tertiary/aromatic N) is 3. The van der Waals surface area contributed by atoms with Gasteiger partial charge in [-0.25, -0.2) is 9.97 Å². The molecule has 0 N–H and O–H groups in total. The number of aromatic nitrogens is 3. The van der Waals surface area contributed by atoms with Crippen molar-refractivity contribution in [3.05, 3.63) is 23.1 Å². The zero-order valence-corrected chi connectivity index (χ0v) is 12.7. The first-order valence-electron chi connectivity index (χ1n) is 6.96. The summed E-state index contributed by atoms with van der Waals surface area (Å²) in [6.45, 7) is 1.71. The van der Waals surface area contributed by atoms with E-state index in [2.05, 4.69) is 14.5 Å². The highest BCUT2D eigenvalue weighted by Gasteiger charge is 2.16. The molecule has 1 atom stereocenters. The van der Waals surface area contributed by atoms with Crippen LogP contribution in [0.5, 0.6) is 0 Å². The minimum Gasteiger partial charge on any atom is -0.378 e. The average Bonchev–Trinajstić information content (AvgIpc) is 2.83.